The van der Waals surface area contributed by atoms with Gasteiger partial charge in [-0.3, -0.25) is 9.59 Å². The summed E-state index contributed by atoms with van der Waals surface area (Å²) in [6, 6.07) is 17.1. The van der Waals surface area contributed by atoms with Gasteiger partial charge < -0.3 is 14.4 Å². The third kappa shape index (κ3) is 4.17. The van der Waals surface area contributed by atoms with Gasteiger partial charge in [0.1, 0.15) is 18.4 Å². The average Bonchev–Trinajstić information content (AvgIpc) is 3.26. The van der Waals surface area contributed by atoms with E-state index >= 15 is 0 Å². The van der Waals surface area contributed by atoms with E-state index in [0.29, 0.717) is 24.2 Å². The van der Waals surface area contributed by atoms with Crippen LogP contribution in [0.1, 0.15) is 47.1 Å². The highest BCUT2D eigenvalue weighted by Crippen LogP contribution is 2.34. The Morgan fingerprint density at radius 2 is 1.75 bits per heavy atom. The predicted molar refractivity (Wildman–Crippen MR) is 122 cm³/mol. The van der Waals surface area contributed by atoms with Gasteiger partial charge >= 0.3 is 0 Å². The summed E-state index contributed by atoms with van der Waals surface area (Å²) in [6.45, 7) is 6.78. The van der Waals surface area contributed by atoms with Gasteiger partial charge in [0.05, 0.1) is 0 Å². The first-order chi connectivity index (χ1) is 15.4. The maximum Gasteiger partial charge on any atom is 0.254 e. The molecule has 6 heteroatoms. The molecule has 0 N–H and O–H groups in total. The lowest BCUT2D eigenvalue weighted by Crippen LogP contribution is -2.49. The van der Waals surface area contributed by atoms with Crippen LogP contribution >= 0.6 is 0 Å². The minimum absolute atomic E-state index is 0.0595. The first kappa shape index (κ1) is 21.8. The summed E-state index contributed by atoms with van der Waals surface area (Å²) in [6.07, 6.45) is 1.95. The van der Waals surface area contributed by atoms with Crippen molar-refractivity contribution >= 4 is 11.8 Å². The van der Waals surface area contributed by atoms with Crippen LogP contribution in [0.3, 0.4) is 0 Å². The Hall–Kier alpha value is -3.41. The summed E-state index contributed by atoms with van der Waals surface area (Å²) in [5.41, 5.74) is 2.95. The number of carbonyl (C=O) groups excluding carboxylic acids is 2. The number of amides is 2. The molecule has 1 aliphatic heterocycles. The average molecular weight is 434 g/mol. The predicted octanol–water partition coefficient (Wildman–Crippen LogP) is 4.42. The first-order valence-electron chi connectivity index (χ1n) is 10.9. The van der Waals surface area contributed by atoms with E-state index in [1.165, 1.54) is 6.07 Å². The second kappa shape index (κ2) is 8.99. The SMILES string of the molecule is Cc1ccc(C(=O)N(CC(=O)N2CCn3cccc3[C@H]2c2ccccc2F)C(C)C)cc1. The first-order valence-corrected chi connectivity index (χ1v) is 10.9. The topological polar surface area (TPSA) is 45.6 Å². The summed E-state index contributed by atoms with van der Waals surface area (Å²) < 4.78 is 16.8. The fourth-order valence-electron chi connectivity index (χ4n) is 4.26. The van der Waals surface area contributed by atoms with Gasteiger partial charge in [-0.15, -0.1) is 0 Å². The normalized spacial score (nSPS) is 15.5. The Kier molecular flexibility index (Phi) is 6.12. The van der Waals surface area contributed by atoms with E-state index in [1.807, 2.05) is 51.2 Å². The molecule has 0 spiro atoms. The highest BCUT2D eigenvalue weighted by atomic mass is 19.1. The molecule has 0 bridgehead atoms. The molecule has 3 aromatic rings. The van der Waals surface area contributed by atoms with E-state index in [9.17, 15) is 14.0 Å². The summed E-state index contributed by atoms with van der Waals surface area (Å²) in [4.78, 5) is 30.0. The number of carbonyl (C=O) groups is 2. The molecule has 0 aliphatic carbocycles. The van der Waals surface area contributed by atoms with Crippen LogP contribution in [-0.4, -0.2) is 45.3 Å². The molecule has 1 aliphatic rings. The van der Waals surface area contributed by atoms with Crippen LogP contribution in [0.5, 0.6) is 0 Å². The molecular weight excluding hydrogens is 405 g/mol. The highest BCUT2D eigenvalue weighted by Gasteiger charge is 2.35. The maximum atomic E-state index is 14.8. The van der Waals surface area contributed by atoms with Gasteiger partial charge in [0, 0.05) is 42.1 Å². The molecular formula is C26H28FN3O2. The third-order valence-electron chi connectivity index (χ3n) is 6.05. The number of nitrogens with zero attached hydrogens (tertiary/aromatic N) is 3. The van der Waals surface area contributed by atoms with Gasteiger partial charge in [-0.05, 0) is 51.1 Å². The molecule has 5 nitrogen and oxygen atoms in total. The van der Waals surface area contributed by atoms with Gasteiger partial charge in [-0.25, -0.2) is 4.39 Å². The van der Waals surface area contributed by atoms with Crippen molar-refractivity contribution in [1.29, 1.82) is 0 Å². The largest absolute Gasteiger partial charge is 0.348 e. The van der Waals surface area contributed by atoms with Crippen molar-refractivity contribution in [2.75, 3.05) is 13.1 Å². The summed E-state index contributed by atoms with van der Waals surface area (Å²) in [5, 5.41) is 0. The second-order valence-electron chi connectivity index (χ2n) is 8.53. The second-order valence-corrected chi connectivity index (χ2v) is 8.53. The molecule has 2 amide bonds. The molecule has 0 saturated carbocycles. The van der Waals surface area contributed by atoms with E-state index in [1.54, 1.807) is 40.1 Å². The number of halogens is 1. The lowest BCUT2D eigenvalue weighted by atomic mass is 9.99. The number of rotatable bonds is 5. The molecule has 0 radical (unpaired) electrons. The number of hydrogen-bond donors (Lipinski definition) is 0. The van der Waals surface area contributed by atoms with Crippen molar-refractivity contribution in [2.45, 2.75) is 39.4 Å². The number of benzene rings is 2. The number of aryl methyl sites for hydroxylation is 1. The zero-order chi connectivity index (χ0) is 22.8. The van der Waals surface area contributed by atoms with Gasteiger partial charge in [0.2, 0.25) is 5.91 Å². The molecule has 2 heterocycles. The molecule has 0 saturated heterocycles. The summed E-state index contributed by atoms with van der Waals surface area (Å²) in [5.74, 6) is -0.725. The molecule has 4 rings (SSSR count). The van der Waals surface area contributed by atoms with E-state index in [2.05, 4.69) is 4.57 Å². The summed E-state index contributed by atoms with van der Waals surface area (Å²) >= 11 is 0. The minimum atomic E-state index is -0.532. The van der Waals surface area contributed by atoms with Crippen LogP contribution < -0.4 is 0 Å². The molecule has 1 atom stereocenters. The van der Waals surface area contributed by atoms with Crippen molar-refractivity contribution in [2.24, 2.45) is 0 Å². The van der Waals surface area contributed by atoms with E-state index in [-0.39, 0.29) is 30.2 Å². The van der Waals surface area contributed by atoms with E-state index < -0.39 is 6.04 Å². The maximum absolute atomic E-state index is 14.8. The molecule has 0 fully saturated rings. The Morgan fingerprint density at radius 1 is 1.03 bits per heavy atom. The Bertz CT molecular complexity index is 1120. The van der Waals surface area contributed by atoms with Gasteiger partial charge in [-0.2, -0.15) is 0 Å². The molecule has 32 heavy (non-hydrogen) atoms. The third-order valence-corrected chi connectivity index (χ3v) is 6.05. The summed E-state index contributed by atoms with van der Waals surface area (Å²) in [7, 11) is 0. The van der Waals surface area contributed by atoms with Crippen LogP contribution in [0.15, 0.2) is 66.9 Å². The number of hydrogen-bond acceptors (Lipinski definition) is 2. The minimum Gasteiger partial charge on any atom is -0.348 e. The van der Waals surface area contributed by atoms with Crippen LogP contribution in [0.4, 0.5) is 4.39 Å². The number of aromatic nitrogens is 1. The molecule has 2 aromatic carbocycles. The van der Waals surface area contributed by atoms with Gasteiger partial charge in [0.15, 0.2) is 0 Å². The van der Waals surface area contributed by atoms with Crippen molar-refractivity contribution in [3.05, 3.63) is 95.1 Å². The van der Waals surface area contributed by atoms with Crippen molar-refractivity contribution < 1.29 is 14.0 Å². The Morgan fingerprint density at radius 3 is 2.44 bits per heavy atom. The lowest BCUT2D eigenvalue weighted by Gasteiger charge is -2.39. The van der Waals surface area contributed by atoms with Crippen LogP contribution in [0, 0.1) is 12.7 Å². The Balaban J connectivity index is 1.63. The fraction of sp³-hybridized carbons (Fsp3) is 0.308. The van der Waals surface area contributed by atoms with Gasteiger partial charge in [-0.1, -0.05) is 35.9 Å². The lowest BCUT2D eigenvalue weighted by molar-refractivity contribution is -0.135. The molecule has 0 unspecified atom stereocenters. The molecule has 166 valence electrons. The molecule has 1 aromatic heterocycles. The quantitative estimate of drug-likeness (QED) is 0.598. The van der Waals surface area contributed by atoms with Crippen LogP contribution in [0.2, 0.25) is 0 Å². The van der Waals surface area contributed by atoms with Crippen molar-refractivity contribution in [3.8, 4) is 0 Å². The zero-order valence-corrected chi connectivity index (χ0v) is 18.7. The van der Waals surface area contributed by atoms with Crippen LogP contribution in [0.25, 0.3) is 0 Å². The van der Waals surface area contributed by atoms with E-state index in [4.69, 9.17) is 0 Å². The smallest absolute Gasteiger partial charge is 0.254 e. The van der Waals surface area contributed by atoms with Crippen molar-refractivity contribution in [1.82, 2.24) is 14.4 Å². The van der Waals surface area contributed by atoms with E-state index in [0.717, 1.165) is 11.3 Å². The monoisotopic (exact) mass is 433 g/mol. The Labute approximate surface area is 188 Å². The highest BCUT2D eigenvalue weighted by molar-refractivity contribution is 5.96. The fourth-order valence-corrected chi connectivity index (χ4v) is 4.26. The van der Waals surface area contributed by atoms with Gasteiger partial charge in [0.25, 0.3) is 5.91 Å². The van der Waals surface area contributed by atoms with Crippen LogP contribution in [-0.2, 0) is 11.3 Å². The van der Waals surface area contributed by atoms with Crippen molar-refractivity contribution in [3.63, 3.8) is 0 Å². The standard InChI is InChI=1S/C26H28FN3O2/c1-18(2)30(26(32)20-12-10-19(3)11-13-20)17-24(31)29-16-15-28-14-6-9-23(28)25(29)21-7-4-5-8-22(21)27/h4-14,18,25H,15-17H2,1-3H3/t25-/m1/s1. The number of fused-ring (bicyclic) bond motifs is 1. The zero-order valence-electron chi connectivity index (χ0n) is 18.7.